The maximum Gasteiger partial charge on any atom is 0.342 e. The summed E-state index contributed by atoms with van der Waals surface area (Å²) < 4.78 is 151. The van der Waals surface area contributed by atoms with E-state index in [0.29, 0.717) is 25.2 Å². The van der Waals surface area contributed by atoms with Crippen LogP contribution in [0.15, 0.2) is 243 Å². The summed E-state index contributed by atoms with van der Waals surface area (Å²) in [5.74, 6) is 0. The largest absolute Gasteiger partial charge is 0.342 e. The van der Waals surface area contributed by atoms with Gasteiger partial charge in [-0.2, -0.15) is 0 Å². The van der Waals surface area contributed by atoms with Gasteiger partial charge in [-0.05, 0) is 71.2 Å². The molecule has 0 N–H and O–H groups in total. The first-order valence-electron chi connectivity index (χ1n) is 32.5. The van der Waals surface area contributed by atoms with Crippen molar-refractivity contribution in [3.63, 3.8) is 0 Å². The van der Waals surface area contributed by atoms with Crippen LogP contribution in [-0.2, 0) is 94.5 Å². The van der Waals surface area contributed by atoms with Crippen LogP contribution in [0.25, 0.3) is 0 Å². The zero-order valence-electron chi connectivity index (χ0n) is 54.2. The van der Waals surface area contributed by atoms with Crippen LogP contribution >= 0.6 is 45.6 Å². The van der Waals surface area contributed by atoms with Crippen molar-refractivity contribution in [2.45, 2.75) is 49.3 Å². The summed E-state index contributed by atoms with van der Waals surface area (Å²) in [7, 11) is -20.0. The quantitative estimate of drug-likeness (QED) is 0.0822. The van der Waals surface area contributed by atoms with Crippen molar-refractivity contribution in [2.24, 2.45) is 16.2 Å². The first-order chi connectivity index (χ1) is 46.9. The minimum absolute atomic E-state index is 0.113. The van der Waals surface area contributed by atoms with Crippen molar-refractivity contribution in [1.82, 2.24) is 0 Å². The molecule has 512 valence electrons. The van der Waals surface area contributed by atoms with Crippen molar-refractivity contribution in [3.8, 4) is 0 Å². The maximum absolute atomic E-state index is 14.2. The third-order valence-electron chi connectivity index (χ3n) is 18.3. The molecule has 18 nitrogen and oxygen atoms in total. The summed E-state index contributed by atoms with van der Waals surface area (Å²) in [6, 6.07) is 77.3. The van der Waals surface area contributed by atoms with Crippen LogP contribution in [0.5, 0.6) is 0 Å². The SMILES string of the molecule is CC(c1ccccc1)P1(=O)OCC2(CO1)COP(=O)(C(C)c1ccccc1)OC2.O=P1(C(c2ccccc2)c2ccccc2)OCC2(CO1)COP(=O)(C(c1ccccc1)c1ccccc1)OC2.O=P1(CCc2ccccc2)OCC2(CO1)COP(=O)(CCc1ccccc1)OC2. The predicted molar refractivity (Wildman–Crippen MR) is 374 cm³/mol. The molecule has 8 aromatic carbocycles. The molecule has 0 radical (unpaired) electrons. The number of aryl methyl sites for hydroxylation is 2. The second-order valence-electron chi connectivity index (χ2n) is 25.7. The van der Waals surface area contributed by atoms with Crippen LogP contribution < -0.4 is 0 Å². The molecule has 6 aliphatic heterocycles. The van der Waals surface area contributed by atoms with Gasteiger partial charge in [0, 0.05) is 0 Å². The molecule has 0 aromatic heterocycles. The van der Waals surface area contributed by atoms with Crippen LogP contribution in [0.4, 0.5) is 0 Å². The molecule has 6 heterocycles. The fourth-order valence-corrected chi connectivity index (χ4v) is 24.3. The molecule has 8 aromatic rings. The molecule has 2 atom stereocenters. The van der Waals surface area contributed by atoms with Gasteiger partial charge in [-0.15, -0.1) is 0 Å². The third-order valence-corrected chi connectivity index (χ3v) is 30.8. The zero-order chi connectivity index (χ0) is 67.5. The first kappa shape index (κ1) is 71.5. The van der Waals surface area contributed by atoms with Gasteiger partial charge in [0.25, 0.3) is 0 Å². The van der Waals surface area contributed by atoms with E-state index in [2.05, 4.69) is 0 Å². The number of hydrogen-bond acceptors (Lipinski definition) is 18. The number of rotatable bonds is 16. The highest BCUT2D eigenvalue weighted by atomic mass is 31.2. The van der Waals surface area contributed by atoms with Gasteiger partial charge in [0.05, 0.1) is 119 Å². The Balaban J connectivity index is 0.000000141. The predicted octanol–water partition coefficient (Wildman–Crippen LogP) is 18.9. The zero-order valence-corrected chi connectivity index (χ0v) is 59.6. The Bertz CT molecular complexity index is 3720. The van der Waals surface area contributed by atoms with Crippen LogP contribution in [-0.4, -0.2) is 91.6 Å². The highest BCUT2D eigenvalue weighted by molar-refractivity contribution is 7.56. The Hall–Kier alpha value is -5.34. The second kappa shape index (κ2) is 31.3. The van der Waals surface area contributed by atoms with Gasteiger partial charge < -0.3 is 54.3 Å². The van der Waals surface area contributed by atoms with E-state index in [1.807, 2.05) is 257 Å². The van der Waals surface area contributed by atoms with E-state index in [9.17, 15) is 27.4 Å². The molecule has 6 fully saturated rings. The summed E-state index contributed by atoms with van der Waals surface area (Å²) in [5.41, 5.74) is 3.72. The summed E-state index contributed by atoms with van der Waals surface area (Å²) in [4.78, 5) is 0. The van der Waals surface area contributed by atoms with Gasteiger partial charge >= 0.3 is 45.6 Å². The molecule has 0 amide bonds. The van der Waals surface area contributed by atoms with Crippen molar-refractivity contribution in [3.05, 3.63) is 287 Å². The van der Waals surface area contributed by atoms with Gasteiger partial charge in [-0.1, -0.05) is 243 Å². The molecule has 6 saturated heterocycles. The van der Waals surface area contributed by atoms with E-state index in [-0.39, 0.29) is 90.6 Å². The standard InChI is InChI=1S/C31H30O6P2.2C21H26O6P2/c32-38(29(25-13-5-1-6-14-25)26-15-7-2-8-16-26)34-21-31(22-35-38)23-36-39(33,37-24-31)30(27-17-9-3-10-18-27)28-19-11-4-12-20-28;1-17(19-9-5-3-6-10-19)28(22)24-13-21(14-25-28)15-26-29(23,27-16-21)18(2)20-11-7-4-8-12-20;22-28(13-11-19-7-3-1-4-8-19)24-15-21(16-25-28)17-26-29(23,27-18-21)14-12-20-9-5-2-6-10-20/h1-20,29-30H,21-24H2;3-12,17-18H,13-16H2,1-2H3;1-10H,11-18H2. The Labute approximate surface area is 568 Å². The first-order valence-corrected chi connectivity index (χ1v) is 42.4. The van der Waals surface area contributed by atoms with Crippen molar-refractivity contribution in [2.75, 3.05) is 91.6 Å². The molecule has 0 saturated carbocycles. The number of benzene rings is 8. The molecule has 14 rings (SSSR count). The van der Waals surface area contributed by atoms with Gasteiger partial charge in [0.15, 0.2) is 0 Å². The van der Waals surface area contributed by atoms with Crippen molar-refractivity contribution >= 4 is 45.6 Å². The van der Waals surface area contributed by atoms with Crippen LogP contribution in [0, 0.1) is 16.2 Å². The fourth-order valence-electron chi connectivity index (χ4n) is 12.0. The minimum atomic E-state index is -3.59. The maximum atomic E-state index is 14.2. The topological polar surface area (TPSA) is 213 Å². The molecule has 97 heavy (non-hydrogen) atoms. The van der Waals surface area contributed by atoms with Gasteiger partial charge in [-0.25, -0.2) is 0 Å². The molecule has 2 unspecified atom stereocenters. The second-order valence-corrected chi connectivity index (χ2v) is 39.0. The molecule has 0 bridgehead atoms. The van der Waals surface area contributed by atoms with Gasteiger partial charge in [0.2, 0.25) is 0 Å². The lowest BCUT2D eigenvalue weighted by atomic mass is 9.93. The average Bonchev–Trinajstić information content (AvgIpc) is 0.757. The summed E-state index contributed by atoms with van der Waals surface area (Å²) in [5, 5.41) is 0. The summed E-state index contributed by atoms with van der Waals surface area (Å²) >= 11 is 0. The van der Waals surface area contributed by atoms with Crippen molar-refractivity contribution < 1.29 is 81.7 Å². The lowest BCUT2D eigenvalue weighted by Gasteiger charge is -2.45. The Kier molecular flexibility index (Phi) is 23.0. The average molecular weight is 1430 g/mol. The van der Waals surface area contributed by atoms with E-state index in [0.717, 1.165) is 44.5 Å². The summed E-state index contributed by atoms with van der Waals surface area (Å²) in [6.45, 7) is 5.75. The molecule has 24 heteroatoms. The smallest absolute Gasteiger partial charge is 0.308 e. The van der Waals surface area contributed by atoms with Gasteiger partial charge in [0.1, 0.15) is 11.3 Å². The third kappa shape index (κ3) is 17.4. The fraction of sp³-hybridized carbons (Fsp3) is 0.342. The molecule has 0 aliphatic carbocycles. The monoisotopic (exact) mass is 1430 g/mol. The van der Waals surface area contributed by atoms with E-state index in [1.165, 1.54) is 0 Å². The summed E-state index contributed by atoms with van der Waals surface area (Å²) in [6.07, 6.45) is 1.94. The van der Waals surface area contributed by atoms with E-state index < -0.39 is 73.1 Å². The van der Waals surface area contributed by atoms with Crippen LogP contribution in [0.2, 0.25) is 0 Å². The lowest BCUT2D eigenvalue weighted by molar-refractivity contribution is -0.0711. The highest BCUT2D eigenvalue weighted by Crippen LogP contribution is 2.72. The van der Waals surface area contributed by atoms with Gasteiger partial charge in [-0.3, -0.25) is 27.4 Å². The molecular weight excluding hydrogens is 1350 g/mol. The molecule has 6 aliphatic rings. The van der Waals surface area contributed by atoms with E-state index >= 15 is 0 Å². The van der Waals surface area contributed by atoms with Crippen LogP contribution in [0.3, 0.4) is 0 Å². The van der Waals surface area contributed by atoms with E-state index in [4.69, 9.17) is 54.3 Å². The van der Waals surface area contributed by atoms with Crippen LogP contribution in [0.1, 0.15) is 81.0 Å². The molecule has 3 spiro atoms. The normalized spacial score (nSPS) is 30.9. The number of hydrogen-bond donors (Lipinski definition) is 0. The molecular formula is C73H82O18P6. The minimum Gasteiger partial charge on any atom is -0.308 e. The Morgan fingerprint density at radius 1 is 0.258 bits per heavy atom. The Morgan fingerprint density at radius 2 is 0.443 bits per heavy atom. The van der Waals surface area contributed by atoms with Crippen molar-refractivity contribution in [1.29, 1.82) is 0 Å². The highest BCUT2D eigenvalue weighted by Gasteiger charge is 2.55. The van der Waals surface area contributed by atoms with E-state index in [1.54, 1.807) is 0 Å². The lowest BCUT2D eigenvalue weighted by Crippen LogP contribution is -2.46. The Morgan fingerprint density at radius 3 is 0.670 bits per heavy atom.